The molecule has 0 amide bonds. The lowest BCUT2D eigenvalue weighted by Crippen LogP contribution is -1.95. The second-order valence-electron chi connectivity index (χ2n) is 4.74. The summed E-state index contributed by atoms with van der Waals surface area (Å²) in [5.41, 5.74) is 9.54. The molecule has 104 valence electrons. The van der Waals surface area contributed by atoms with E-state index in [0.717, 1.165) is 22.6 Å². The molecule has 0 atom stereocenters. The quantitative estimate of drug-likeness (QED) is 0.786. The number of nitrogens with zero attached hydrogens (tertiary/aromatic N) is 1. The van der Waals surface area contributed by atoms with Crippen LogP contribution in [0.15, 0.2) is 72.9 Å². The first-order valence-corrected chi connectivity index (χ1v) is 6.80. The molecule has 0 aliphatic carbocycles. The summed E-state index contributed by atoms with van der Waals surface area (Å²) < 4.78 is 5.76. The van der Waals surface area contributed by atoms with Crippen LogP contribution < -0.4 is 10.5 Å². The number of ether oxygens (including phenoxy) is 1. The lowest BCUT2D eigenvalue weighted by atomic mass is 10.1. The zero-order valence-electron chi connectivity index (χ0n) is 11.6. The molecule has 3 heteroatoms. The van der Waals surface area contributed by atoms with E-state index in [0.29, 0.717) is 12.3 Å². The number of aromatic nitrogens is 1. The maximum absolute atomic E-state index is 5.93. The van der Waals surface area contributed by atoms with Gasteiger partial charge in [-0.15, -0.1) is 0 Å². The molecule has 3 aromatic rings. The van der Waals surface area contributed by atoms with Crippen LogP contribution in [0.4, 0.5) is 5.69 Å². The fraction of sp³-hybridized carbons (Fsp3) is 0.0556. The number of nitrogen functional groups attached to an aromatic ring is 1. The Morgan fingerprint density at radius 2 is 1.62 bits per heavy atom. The van der Waals surface area contributed by atoms with Crippen LogP contribution in [0.25, 0.3) is 11.3 Å². The van der Waals surface area contributed by atoms with Crippen LogP contribution in [-0.2, 0) is 6.61 Å². The van der Waals surface area contributed by atoms with Gasteiger partial charge in [-0.05, 0) is 42.0 Å². The largest absolute Gasteiger partial charge is 0.489 e. The third-order valence-corrected chi connectivity index (χ3v) is 3.22. The van der Waals surface area contributed by atoms with E-state index in [2.05, 4.69) is 4.98 Å². The molecular formula is C18H16N2O. The first kappa shape index (κ1) is 13.2. The Morgan fingerprint density at radius 1 is 0.857 bits per heavy atom. The van der Waals surface area contributed by atoms with Crippen molar-refractivity contribution < 1.29 is 4.74 Å². The minimum absolute atomic E-state index is 0.561. The topological polar surface area (TPSA) is 48.1 Å². The SMILES string of the molecule is Nc1cccnc1-c1ccc(OCc2ccccc2)cc1. The zero-order valence-corrected chi connectivity index (χ0v) is 11.6. The van der Waals surface area contributed by atoms with Gasteiger partial charge in [-0.2, -0.15) is 0 Å². The molecule has 2 aromatic carbocycles. The molecule has 0 saturated carbocycles. The van der Waals surface area contributed by atoms with Crippen molar-refractivity contribution in [3.05, 3.63) is 78.5 Å². The summed E-state index contributed by atoms with van der Waals surface area (Å²) >= 11 is 0. The van der Waals surface area contributed by atoms with Gasteiger partial charge >= 0.3 is 0 Å². The fourth-order valence-electron chi connectivity index (χ4n) is 2.11. The molecule has 0 radical (unpaired) electrons. The van der Waals surface area contributed by atoms with Gasteiger partial charge < -0.3 is 10.5 Å². The van der Waals surface area contributed by atoms with Crippen molar-refractivity contribution in [2.24, 2.45) is 0 Å². The summed E-state index contributed by atoms with van der Waals surface area (Å²) in [6, 6.07) is 21.6. The molecule has 0 bridgehead atoms. The van der Waals surface area contributed by atoms with E-state index >= 15 is 0 Å². The fourth-order valence-corrected chi connectivity index (χ4v) is 2.11. The number of nitrogens with two attached hydrogens (primary N) is 1. The van der Waals surface area contributed by atoms with Gasteiger partial charge in [0.2, 0.25) is 0 Å². The van der Waals surface area contributed by atoms with Crippen LogP contribution in [0.1, 0.15) is 5.56 Å². The highest BCUT2D eigenvalue weighted by molar-refractivity contribution is 5.72. The van der Waals surface area contributed by atoms with Gasteiger partial charge in [0.25, 0.3) is 0 Å². The highest BCUT2D eigenvalue weighted by Gasteiger charge is 2.03. The first-order valence-electron chi connectivity index (χ1n) is 6.80. The molecule has 0 aliphatic heterocycles. The van der Waals surface area contributed by atoms with Crippen molar-refractivity contribution in [3.8, 4) is 17.0 Å². The summed E-state index contributed by atoms with van der Waals surface area (Å²) in [6.45, 7) is 0.561. The number of hydrogen-bond acceptors (Lipinski definition) is 3. The minimum Gasteiger partial charge on any atom is -0.489 e. The molecule has 3 nitrogen and oxygen atoms in total. The minimum atomic E-state index is 0.561. The summed E-state index contributed by atoms with van der Waals surface area (Å²) in [5, 5.41) is 0. The molecule has 1 aromatic heterocycles. The average molecular weight is 276 g/mol. The zero-order chi connectivity index (χ0) is 14.5. The van der Waals surface area contributed by atoms with Crippen LogP contribution in [-0.4, -0.2) is 4.98 Å². The predicted octanol–water partition coefficient (Wildman–Crippen LogP) is 3.91. The number of pyridine rings is 1. The molecule has 3 rings (SSSR count). The van der Waals surface area contributed by atoms with E-state index in [-0.39, 0.29) is 0 Å². The van der Waals surface area contributed by atoms with Gasteiger partial charge in [-0.1, -0.05) is 30.3 Å². The van der Waals surface area contributed by atoms with Crippen molar-refractivity contribution in [2.75, 3.05) is 5.73 Å². The maximum atomic E-state index is 5.93. The molecule has 21 heavy (non-hydrogen) atoms. The highest BCUT2D eigenvalue weighted by atomic mass is 16.5. The van der Waals surface area contributed by atoms with Crippen LogP contribution in [0.5, 0.6) is 5.75 Å². The third-order valence-electron chi connectivity index (χ3n) is 3.22. The third kappa shape index (κ3) is 3.20. The van der Waals surface area contributed by atoms with Gasteiger partial charge in [0.05, 0.1) is 11.4 Å². The number of benzene rings is 2. The Labute approximate surface area is 124 Å². The van der Waals surface area contributed by atoms with Gasteiger partial charge in [-0.3, -0.25) is 4.98 Å². The van der Waals surface area contributed by atoms with E-state index in [9.17, 15) is 0 Å². The lowest BCUT2D eigenvalue weighted by molar-refractivity contribution is 0.306. The van der Waals surface area contributed by atoms with Gasteiger partial charge in [-0.25, -0.2) is 0 Å². The Kier molecular flexibility index (Phi) is 3.83. The Bertz CT molecular complexity index is 709. The second kappa shape index (κ2) is 6.09. The first-order chi connectivity index (χ1) is 10.3. The van der Waals surface area contributed by atoms with E-state index < -0.39 is 0 Å². The monoisotopic (exact) mass is 276 g/mol. The predicted molar refractivity (Wildman–Crippen MR) is 84.9 cm³/mol. The number of rotatable bonds is 4. The van der Waals surface area contributed by atoms with Crippen LogP contribution >= 0.6 is 0 Å². The van der Waals surface area contributed by atoms with Gasteiger partial charge in [0, 0.05) is 11.8 Å². The van der Waals surface area contributed by atoms with E-state index in [4.69, 9.17) is 10.5 Å². The van der Waals surface area contributed by atoms with Gasteiger partial charge in [0.1, 0.15) is 12.4 Å². The highest BCUT2D eigenvalue weighted by Crippen LogP contribution is 2.25. The Balaban J connectivity index is 1.71. The summed E-state index contributed by atoms with van der Waals surface area (Å²) in [5.74, 6) is 0.831. The molecule has 0 spiro atoms. The molecule has 0 aliphatic rings. The maximum Gasteiger partial charge on any atom is 0.119 e. The summed E-state index contributed by atoms with van der Waals surface area (Å²) in [4.78, 5) is 4.31. The molecule has 0 saturated heterocycles. The van der Waals surface area contributed by atoms with Crippen molar-refractivity contribution in [1.82, 2.24) is 4.98 Å². The van der Waals surface area contributed by atoms with Crippen LogP contribution in [0.3, 0.4) is 0 Å². The van der Waals surface area contributed by atoms with E-state index in [1.807, 2.05) is 66.7 Å². The summed E-state index contributed by atoms with van der Waals surface area (Å²) in [6.07, 6.45) is 1.74. The van der Waals surface area contributed by atoms with E-state index in [1.54, 1.807) is 6.20 Å². The summed E-state index contributed by atoms with van der Waals surface area (Å²) in [7, 11) is 0. The Hall–Kier alpha value is -2.81. The lowest BCUT2D eigenvalue weighted by Gasteiger charge is -2.08. The van der Waals surface area contributed by atoms with Crippen molar-refractivity contribution in [2.45, 2.75) is 6.61 Å². The standard InChI is InChI=1S/C18H16N2O/c19-17-7-4-12-20-18(17)15-8-10-16(11-9-15)21-13-14-5-2-1-3-6-14/h1-12H,13,19H2. The van der Waals surface area contributed by atoms with Crippen LogP contribution in [0, 0.1) is 0 Å². The number of hydrogen-bond donors (Lipinski definition) is 1. The molecule has 2 N–H and O–H groups in total. The second-order valence-corrected chi connectivity index (χ2v) is 4.74. The smallest absolute Gasteiger partial charge is 0.119 e. The molecule has 0 fully saturated rings. The molecular weight excluding hydrogens is 260 g/mol. The van der Waals surface area contributed by atoms with Crippen molar-refractivity contribution in [3.63, 3.8) is 0 Å². The van der Waals surface area contributed by atoms with Gasteiger partial charge in [0.15, 0.2) is 0 Å². The van der Waals surface area contributed by atoms with Crippen LogP contribution in [0.2, 0.25) is 0 Å². The average Bonchev–Trinajstić information content (AvgIpc) is 2.55. The van der Waals surface area contributed by atoms with Crippen molar-refractivity contribution in [1.29, 1.82) is 0 Å². The normalized spacial score (nSPS) is 10.3. The molecule has 0 unspecified atom stereocenters. The number of anilines is 1. The van der Waals surface area contributed by atoms with E-state index in [1.165, 1.54) is 0 Å². The van der Waals surface area contributed by atoms with Crippen molar-refractivity contribution >= 4 is 5.69 Å². The molecule has 1 heterocycles. The Morgan fingerprint density at radius 3 is 2.33 bits per heavy atom.